The normalized spacial score (nSPS) is 15.4. The van der Waals surface area contributed by atoms with Crippen LogP contribution in [0.5, 0.6) is 17.2 Å². The van der Waals surface area contributed by atoms with E-state index in [1.54, 1.807) is 14.2 Å². The molecule has 3 aromatic rings. The molecule has 4 nitrogen and oxygen atoms in total. The maximum Gasteiger partial charge on any atom is 0.161 e. The van der Waals surface area contributed by atoms with Crippen LogP contribution in [0.4, 0.5) is 0 Å². The minimum absolute atomic E-state index is 0.136. The molecule has 3 aromatic carbocycles. The molecule has 1 heterocycles. The average Bonchev–Trinajstić information content (AvgIpc) is 2.79. The molecule has 0 fully saturated rings. The standard InChI is InChI=1S/C25H27NO3/c1-27-21-9-10-22-19(16-21)12-14-26-25(22)20-8-11-23(24(17-20)28-2)29-15-13-18-6-4-3-5-7-18/h3-11,16-17,25-26H,12-15H2,1-2H3. The molecule has 0 saturated heterocycles. The molecular formula is C25H27NO3. The molecule has 1 aliphatic heterocycles. The molecule has 1 aliphatic rings. The SMILES string of the molecule is COc1ccc2c(c1)CCNC2c1ccc(OCCc2ccccc2)c(OC)c1. The molecule has 1 N–H and O–H groups in total. The second-order valence-corrected chi connectivity index (χ2v) is 7.20. The Bertz CT molecular complexity index is 956. The highest BCUT2D eigenvalue weighted by Crippen LogP contribution is 2.36. The van der Waals surface area contributed by atoms with Crippen molar-refractivity contribution in [3.05, 3.63) is 89.0 Å². The highest BCUT2D eigenvalue weighted by atomic mass is 16.5. The number of hydrogen-bond donors (Lipinski definition) is 1. The van der Waals surface area contributed by atoms with Gasteiger partial charge in [-0.1, -0.05) is 42.5 Å². The van der Waals surface area contributed by atoms with Crippen molar-refractivity contribution in [3.8, 4) is 17.2 Å². The minimum atomic E-state index is 0.136. The minimum Gasteiger partial charge on any atom is -0.497 e. The third-order valence-corrected chi connectivity index (χ3v) is 5.42. The van der Waals surface area contributed by atoms with Crippen LogP contribution in [0.2, 0.25) is 0 Å². The molecule has 1 unspecified atom stereocenters. The van der Waals surface area contributed by atoms with Crippen LogP contribution < -0.4 is 19.5 Å². The second kappa shape index (κ2) is 9.01. The lowest BCUT2D eigenvalue weighted by Crippen LogP contribution is -2.30. The summed E-state index contributed by atoms with van der Waals surface area (Å²) in [6, 6.07) is 23.0. The van der Waals surface area contributed by atoms with E-state index in [4.69, 9.17) is 14.2 Å². The van der Waals surface area contributed by atoms with Crippen molar-refractivity contribution in [2.24, 2.45) is 0 Å². The van der Waals surface area contributed by atoms with Crippen LogP contribution in [0.1, 0.15) is 28.3 Å². The lowest BCUT2D eigenvalue weighted by atomic mass is 9.89. The molecule has 4 heteroatoms. The zero-order chi connectivity index (χ0) is 20.1. The van der Waals surface area contributed by atoms with Gasteiger partial charge in [0.15, 0.2) is 11.5 Å². The molecule has 0 radical (unpaired) electrons. The lowest BCUT2D eigenvalue weighted by molar-refractivity contribution is 0.297. The van der Waals surface area contributed by atoms with Crippen molar-refractivity contribution in [2.45, 2.75) is 18.9 Å². The van der Waals surface area contributed by atoms with Crippen molar-refractivity contribution >= 4 is 0 Å². The third kappa shape index (κ3) is 4.38. The van der Waals surface area contributed by atoms with Crippen molar-refractivity contribution in [1.29, 1.82) is 0 Å². The number of methoxy groups -OCH3 is 2. The molecule has 0 aromatic heterocycles. The zero-order valence-corrected chi connectivity index (χ0v) is 17.0. The number of fused-ring (bicyclic) bond motifs is 1. The maximum absolute atomic E-state index is 6.01. The smallest absolute Gasteiger partial charge is 0.161 e. The van der Waals surface area contributed by atoms with E-state index in [2.05, 4.69) is 53.8 Å². The largest absolute Gasteiger partial charge is 0.497 e. The first kappa shape index (κ1) is 19.3. The molecule has 0 saturated carbocycles. The van der Waals surface area contributed by atoms with Crippen molar-refractivity contribution in [1.82, 2.24) is 5.32 Å². The average molecular weight is 389 g/mol. The highest BCUT2D eigenvalue weighted by molar-refractivity contribution is 5.49. The molecule has 0 amide bonds. The van der Waals surface area contributed by atoms with Crippen molar-refractivity contribution < 1.29 is 14.2 Å². The van der Waals surface area contributed by atoms with Crippen LogP contribution in [0, 0.1) is 0 Å². The van der Waals surface area contributed by atoms with E-state index >= 15 is 0 Å². The van der Waals surface area contributed by atoms with Gasteiger partial charge in [0.2, 0.25) is 0 Å². The highest BCUT2D eigenvalue weighted by Gasteiger charge is 2.23. The van der Waals surface area contributed by atoms with Crippen LogP contribution >= 0.6 is 0 Å². The number of benzene rings is 3. The Hall–Kier alpha value is -2.98. The van der Waals surface area contributed by atoms with Gasteiger partial charge in [-0.25, -0.2) is 0 Å². The fourth-order valence-electron chi connectivity index (χ4n) is 3.87. The van der Waals surface area contributed by atoms with E-state index in [0.717, 1.165) is 36.6 Å². The Morgan fingerprint density at radius 1 is 0.897 bits per heavy atom. The van der Waals surface area contributed by atoms with E-state index in [9.17, 15) is 0 Å². The first-order valence-corrected chi connectivity index (χ1v) is 10.0. The Morgan fingerprint density at radius 2 is 1.76 bits per heavy atom. The van der Waals surface area contributed by atoms with Gasteiger partial charge in [-0.3, -0.25) is 0 Å². The number of rotatable bonds is 7. The first-order chi connectivity index (χ1) is 14.3. The summed E-state index contributed by atoms with van der Waals surface area (Å²) in [5.74, 6) is 2.44. The monoisotopic (exact) mass is 389 g/mol. The first-order valence-electron chi connectivity index (χ1n) is 10.0. The van der Waals surface area contributed by atoms with Gasteiger partial charge >= 0.3 is 0 Å². The van der Waals surface area contributed by atoms with Crippen molar-refractivity contribution in [3.63, 3.8) is 0 Å². The quantitative estimate of drug-likeness (QED) is 0.643. The summed E-state index contributed by atoms with van der Waals surface area (Å²) in [7, 11) is 3.40. The maximum atomic E-state index is 6.01. The van der Waals surface area contributed by atoms with E-state index in [-0.39, 0.29) is 6.04 Å². The molecule has 0 bridgehead atoms. The van der Waals surface area contributed by atoms with Gasteiger partial charge in [0.1, 0.15) is 5.75 Å². The number of nitrogens with one attached hydrogen (secondary N) is 1. The van der Waals surface area contributed by atoms with Crippen LogP contribution in [-0.4, -0.2) is 27.4 Å². The summed E-state index contributed by atoms with van der Waals surface area (Å²) < 4.78 is 17.0. The molecule has 1 atom stereocenters. The topological polar surface area (TPSA) is 39.7 Å². The van der Waals surface area contributed by atoms with Gasteiger partial charge in [-0.05, 0) is 52.9 Å². The van der Waals surface area contributed by atoms with Gasteiger partial charge in [0.25, 0.3) is 0 Å². The lowest BCUT2D eigenvalue weighted by Gasteiger charge is -2.28. The fourth-order valence-corrected chi connectivity index (χ4v) is 3.87. The van der Waals surface area contributed by atoms with E-state index in [1.807, 2.05) is 18.2 Å². The van der Waals surface area contributed by atoms with Gasteiger partial charge in [0, 0.05) is 13.0 Å². The molecule has 29 heavy (non-hydrogen) atoms. The molecule has 0 spiro atoms. The Labute approximate surface area is 172 Å². The molecule has 4 rings (SSSR count). The summed E-state index contributed by atoms with van der Waals surface area (Å²) in [5, 5.41) is 3.63. The zero-order valence-electron chi connectivity index (χ0n) is 17.0. The van der Waals surface area contributed by atoms with E-state index in [1.165, 1.54) is 22.3 Å². The Morgan fingerprint density at radius 3 is 2.55 bits per heavy atom. The molecule has 0 aliphatic carbocycles. The molecule has 150 valence electrons. The van der Waals surface area contributed by atoms with E-state index in [0.29, 0.717) is 6.61 Å². The predicted octanol–water partition coefficient (Wildman–Crippen LogP) is 4.56. The second-order valence-electron chi connectivity index (χ2n) is 7.20. The summed E-state index contributed by atoms with van der Waals surface area (Å²) in [6.07, 6.45) is 1.87. The molecular weight excluding hydrogens is 362 g/mol. The van der Waals surface area contributed by atoms with Crippen LogP contribution in [-0.2, 0) is 12.8 Å². The van der Waals surface area contributed by atoms with E-state index < -0.39 is 0 Å². The van der Waals surface area contributed by atoms with Crippen LogP contribution in [0.3, 0.4) is 0 Å². The Balaban J connectivity index is 1.51. The van der Waals surface area contributed by atoms with Gasteiger partial charge < -0.3 is 19.5 Å². The third-order valence-electron chi connectivity index (χ3n) is 5.42. The van der Waals surface area contributed by atoms with Gasteiger partial charge in [-0.15, -0.1) is 0 Å². The number of ether oxygens (including phenoxy) is 3. The van der Waals surface area contributed by atoms with Crippen LogP contribution in [0.15, 0.2) is 66.7 Å². The van der Waals surface area contributed by atoms with Gasteiger partial charge in [-0.2, -0.15) is 0 Å². The summed E-state index contributed by atoms with van der Waals surface area (Å²) in [5.41, 5.74) is 5.05. The van der Waals surface area contributed by atoms with Crippen LogP contribution in [0.25, 0.3) is 0 Å². The van der Waals surface area contributed by atoms with Gasteiger partial charge in [0.05, 0.1) is 26.9 Å². The Kier molecular flexibility index (Phi) is 6.01. The predicted molar refractivity (Wildman–Crippen MR) is 115 cm³/mol. The van der Waals surface area contributed by atoms with Crippen molar-refractivity contribution in [2.75, 3.05) is 27.4 Å². The summed E-state index contributed by atoms with van der Waals surface area (Å²) >= 11 is 0. The summed E-state index contributed by atoms with van der Waals surface area (Å²) in [6.45, 7) is 1.55. The summed E-state index contributed by atoms with van der Waals surface area (Å²) in [4.78, 5) is 0. The fraction of sp³-hybridized carbons (Fsp3) is 0.280. The number of hydrogen-bond acceptors (Lipinski definition) is 4.